The molecule has 130 valence electrons. The summed E-state index contributed by atoms with van der Waals surface area (Å²) in [6.07, 6.45) is 3.35. The van der Waals surface area contributed by atoms with Gasteiger partial charge in [0, 0.05) is 41.9 Å². The van der Waals surface area contributed by atoms with E-state index in [9.17, 15) is 4.79 Å². The van der Waals surface area contributed by atoms with Crippen LogP contribution in [-0.4, -0.2) is 51.7 Å². The van der Waals surface area contributed by atoms with Gasteiger partial charge in [-0.15, -0.1) is 11.8 Å². The van der Waals surface area contributed by atoms with Gasteiger partial charge in [-0.25, -0.2) is 9.97 Å². The Hall–Kier alpha value is -2.08. The maximum atomic E-state index is 12.6. The molecule has 1 amide bonds. The molecule has 3 aliphatic heterocycles. The van der Waals surface area contributed by atoms with Gasteiger partial charge in [-0.2, -0.15) is 0 Å². The van der Waals surface area contributed by atoms with E-state index in [-0.39, 0.29) is 0 Å². The van der Waals surface area contributed by atoms with Crippen LogP contribution in [0.4, 0.5) is 5.82 Å². The van der Waals surface area contributed by atoms with Gasteiger partial charge in [-0.3, -0.25) is 4.79 Å². The van der Waals surface area contributed by atoms with E-state index >= 15 is 0 Å². The number of aromatic nitrogens is 2. The van der Waals surface area contributed by atoms with Crippen LogP contribution in [0, 0.1) is 6.92 Å². The second-order valence-corrected chi connectivity index (χ2v) is 7.85. The molecular formula is C19H22N4OS. The van der Waals surface area contributed by atoms with Crippen LogP contribution in [0.3, 0.4) is 0 Å². The fraction of sp³-hybridized carbons (Fsp3) is 0.421. The number of hydrogen-bond acceptors (Lipinski definition) is 5. The Kier molecular flexibility index (Phi) is 4.61. The molecule has 0 saturated carbocycles. The molecule has 5 rings (SSSR count). The number of carbonyl (C=O) groups is 1. The molecule has 1 aromatic heterocycles. The van der Waals surface area contributed by atoms with Crippen molar-refractivity contribution < 1.29 is 4.79 Å². The Bertz CT molecular complexity index is 742. The summed E-state index contributed by atoms with van der Waals surface area (Å²) in [5.74, 6) is 2.12. The van der Waals surface area contributed by atoms with Gasteiger partial charge in [-0.1, -0.05) is 18.2 Å². The van der Waals surface area contributed by atoms with Gasteiger partial charge < -0.3 is 9.80 Å². The normalized spacial score (nSPS) is 21.8. The largest absolute Gasteiger partial charge is 0.352 e. The topological polar surface area (TPSA) is 49.3 Å². The molecule has 6 heteroatoms. The Morgan fingerprint density at radius 1 is 1.20 bits per heavy atom. The number of piperazine rings is 1. The van der Waals surface area contributed by atoms with Crippen LogP contribution in [-0.2, 0) is 4.79 Å². The van der Waals surface area contributed by atoms with E-state index in [1.54, 1.807) is 18.1 Å². The fourth-order valence-electron chi connectivity index (χ4n) is 3.72. The molecule has 4 heterocycles. The number of rotatable bonds is 5. The predicted molar refractivity (Wildman–Crippen MR) is 99.8 cm³/mol. The van der Waals surface area contributed by atoms with Crippen LogP contribution < -0.4 is 4.90 Å². The highest BCUT2D eigenvalue weighted by atomic mass is 32.2. The third-order valence-electron chi connectivity index (χ3n) is 4.92. The number of piperidine rings is 1. The molecule has 1 aromatic carbocycles. The SMILES string of the molecule is Cc1cc(N2CC3CC(C2)N3C(=O)CCSc2ccccc2)ncn1. The molecule has 0 aliphatic carbocycles. The summed E-state index contributed by atoms with van der Waals surface area (Å²) in [6.45, 7) is 3.74. The number of anilines is 1. The van der Waals surface area contributed by atoms with E-state index in [4.69, 9.17) is 0 Å². The maximum absolute atomic E-state index is 12.6. The number of aryl methyl sites for hydroxylation is 1. The molecule has 0 N–H and O–H groups in total. The lowest BCUT2D eigenvalue weighted by molar-refractivity contribution is -0.145. The molecule has 3 fully saturated rings. The summed E-state index contributed by atoms with van der Waals surface area (Å²) >= 11 is 1.75. The van der Waals surface area contributed by atoms with E-state index in [0.29, 0.717) is 24.4 Å². The van der Waals surface area contributed by atoms with E-state index in [0.717, 1.165) is 36.8 Å². The van der Waals surface area contributed by atoms with Crippen molar-refractivity contribution in [1.29, 1.82) is 0 Å². The first-order valence-electron chi connectivity index (χ1n) is 8.73. The van der Waals surface area contributed by atoms with Crippen molar-refractivity contribution in [2.75, 3.05) is 23.7 Å². The molecule has 3 aliphatic rings. The molecule has 2 aromatic rings. The Balaban J connectivity index is 1.30. The highest BCUT2D eigenvalue weighted by molar-refractivity contribution is 7.99. The number of hydrogen-bond donors (Lipinski definition) is 0. The van der Waals surface area contributed by atoms with Gasteiger partial charge in [0.25, 0.3) is 0 Å². The van der Waals surface area contributed by atoms with Crippen molar-refractivity contribution in [3.05, 3.63) is 48.4 Å². The van der Waals surface area contributed by atoms with Crippen LogP contribution in [0.15, 0.2) is 47.6 Å². The minimum absolute atomic E-state index is 0.295. The van der Waals surface area contributed by atoms with Crippen LogP contribution in [0.5, 0.6) is 0 Å². The molecule has 0 spiro atoms. The minimum Gasteiger partial charge on any atom is -0.352 e. The first-order valence-corrected chi connectivity index (χ1v) is 9.72. The molecule has 3 saturated heterocycles. The summed E-state index contributed by atoms with van der Waals surface area (Å²) in [6, 6.07) is 13.0. The van der Waals surface area contributed by atoms with Crippen LogP contribution in [0.1, 0.15) is 18.5 Å². The van der Waals surface area contributed by atoms with E-state index in [1.807, 2.05) is 31.2 Å². The third-order valence-corrected chi connectivity index (χ3v) is 5.94. The zero-order valence-corrected chi connectivity index (χ0v) is 15.2. The predicted octanol–water partition coefficient (Wildman–Crippen LogP) is 2.76. The third kappa shape index (κ3) is 3.49. The summed E-state index contributed by atoms with van der Waals surface area (Å²) < 4.78 is 0. The van der Waals surface area contributed by atoms with Crippen LogP contribution in [0.25, 0.3) is 0 Å². The number of thioether (sulfide) groups is 1. The average molecular weight is 354 g/mol. The van der Waals surface area contributed by atoms with Crippen molar-refractivity contribution in [2.24, 2.45) is 0 Å². The quantitative estimate of drug-likeness (QED) is 0.773. The summed E-state index contributed by atoms with van der Waals surface area (Å²) in [4.78, 5) is 26.8. The van der Waals surface area contributed by atoms with Crippen molar-refractivity contribution in [3.63, 3.8) is 0 Å². The van der Waals surface area contributed by atoms with E-state index in [1.165, 1.54) is 4.90 Å². The average Bonchev–Trinajstić information content (AvgIpc) is 2.62. The van der Waals surface area contributed by atoms with Gasteiger partial charge in [0.15, 0.2) is 0 Å². The zero-order chi connectivity index (χ0) is 17.2. The second kappa shape index (κ2) is 7.04. The molecule has 0 radical (unpaired) electrons. The highest BCUT2D eigenvalue weighted by Gasteiger charge is 2.47. The zero-order valence-electron chi connectivity index (χ0n) is 14.3. The summed E-state index contributed by atoms with van der Waals surface area (Å²) in [7, 11) is 0. The Morgan fingerprint density at radius 2 is 1.96 bits per heavy atom. The number of nitrogens with zero attached hydrogens (tertiary/aromatic N) is 4. The van der Waals surface area contributed by atoms with Gasteiger partial charge >= 0.3 is 0 Å². The Morgan fingerprint density at radius 3 is 2.68 bits per heavy atom. The first-order chi connectivity index (χ1) is 12.2. The van der Waals surface area contributed by atoms with Crippen molar-refractivity contribution in [3.8, 4) is 0 Å². The summed E-state index contributed by atoms with van der Waals surface area (Å²) in [5, 5.41) is 0. The first kappa shape index (κ1) is 16.4. The lowest BCUT2D eigenvalue weighted by Gasteiger charge is -2.56. The van der Waals surface area contributed by atoms with Crippen molar-refractivity contribution >= 4 is 23.5 Å². The van der Waals surface area contributed by atoms with E-state index in [2.05, 4.69) is 31.9 Å². The monoisotopic (exact) mass is 354 g/mol. The standard InChI is InChI=1S/C19H22N4OS/c1-14-9-18(21-13-20-14)22-11-15-10-16(12-22)23(15)19(24)7-8-25-17-5-3-2-4-6-17/h2-6,9,13,15-16H,7-8,10-12H2,1H3. The van der Waals surface area contributed by atoms with Crippen LogP contribution in [0.2, 0.25) is 0 Å². The number of amides is 1. The smallest absolute Gasteiger partial charge is 0.224 e. The van der Waals surface area contributed by atoms with E-state index < -0.39 is 0 Å². The van der Waals surface area contributed by atoms with Gasteiger partial charge in [0.05, 0.1) is 12.1 Å². The van der Waals surface area contributed by atoms with Gasteiger partial charge in [0.1, 0.15) is 12.1 Å². The molecular weight excluding hydrogens is 332 g/mol. The molecule has 2 unspecified atom stereocenters. The number of fused-ring (bicyclic) bond motifs is 2. The fourth-order valence-corrected chi connectivity index (χ4v) is 4.58. The molecule has 2 bridgehead atoms. The second-order valence-electron chi connectivity index (χ2n) is 6.68. The number of benzene rings is 1. The maximum Gasteiger partial charge on any atom is 0.224 e. The van der Waals surface area contributed by atoms with Gasteiger partial charge in [-0.05, 0) is 25.5 Å². The minimum atomic E-state index is 0.295. The molecule has 2 atom stereocenters. The summed E-state index contributed by atoms with van der Waals surface area (Å²) in [5.41, 5.74) is 0.982. The number of carbonyl (C=O) groups excluding carboxylic acids is 1. The van der Waals surface area contributed by atoms with Gasteiger partial charge in [0.2, 0.25) is 5.91 Å². The van der Waals surface area contributed by atoms with Crippen LogP contribution >= 0.6 is 11.8 Å². The molecule has 25 heavy (non-hydrogen) atoms. The highest BCUT2D eigenvalue weighted by Crippen LogP contribution is 2.35. The lowest BCUT2D eigenvalue weighted by Crippen LogP contribution is -2.70. The van der Waals surface area contributed by atoms with Crippen molar-refractivity contribution in [1.82, 2.24) is 14.9 Å². The lowest BCUT2D eigenvalue weighted by atomic mass is 9.87. The Labute approximate surface area is 152 Å². The molecule has 5 nitrogen and oxygen atoms in total. The van der Waals surface area contributed by atoms with Crippen molar-refractivity contribution in [2.45, 2.75) is 36.7 Å².